The Balaban J connectivity index is 2.04. The van der Waals surface area contributed by atoms with Crippen molar-refractivity contribution < 1.29 is 5.11 Å². The lowest BCUT2D eigenvalue weighted by Gasteiger charge is -2.20. The van der Waals surface area contributed by atoms with Crippen LogP contribution in [-0.2, 0) is 6.54 Å². The summed E-state index contributed by atoms with van der Waals surface area (Å²) in [5, 5.41) is 9.92. The number of phenols is 1. The molecule has 1 aromatic rings. The van der Waals surface area contributed by atoms with Crippen LogP contribution in [-0.4, -0.2) is 23.1 Å². The first kappa shape index (κ1) is 11.9. The largest absolute Gasteiger partial charge is 0.506 e. The minimum atomic E-state index is 0.395. The molecule has 1 N–H and O–H groups in total. The average Bonchev–Trinajstić information content (AvgIpc) is 2.53. The van der Waals surface area contributed by atoms with Crippen LogP contribution in [0.5, 0.6) is 5.75 Å². The van der Waals surface area contributed by atoms with Crippen LogP contribution >= 0.6 is 15.9 Å². The summed E-state index contributed by atoms with van der Waals surface area (Å²) in [6, 6.07) is 5.86. The van der Waals surface area contributed by atoms with Crippen LogP contribution in [0.1, 0.15) is 31.2 Å². The van der Waals surface area contributed by atoms with Gasteiger partial charge in [-0.1, -0.05) is 25.0 Å². The molecule has 1 aliphatic heterocycles. The Hall–Kier alpha value is -0.540. The molecule has 0 amide bonds. The van der Waals surface area contributed by atoms with Crippen LogP contribution in [0.3, 0.4) is 0 Å². The van der Waals surface area contributed by atoms with Crippen molar-refractivity contribution in [3.8, 4) is 5.75 Å². The highest BCUT2D eigenvalue weighted by molar-refractivity contribution is 9.10. The number of likely N-dealkylation sites (tertiary alicyclic amines) is 1. The van der Waals surface area contributed by atoms with Gasteiger partial charge in [-0.15, -0.1) is 0 Å². The highest BCUT2D eigenvalue weighted by Crippen LogP contribution is 2.28. The molecule has 0 bridgehead atoms. The molecule has 2 rings (SSSR count). The molecule has 0 aliphatic carbocycles. The second-order valence-electron chi connectivity index (χ2n) is 4.44. The quantitative estimate of drug-likeness (QED) is 0.898. The molecule has 1 saturated heterocycles. The van der Waals surface area contributed by atoms with E-state index in [2.05, 4.69) is 20.8 Å². The van der Waals surface area contributed by atoms with Crippen molar-refractivity contribution in [3.05, 3.63) is 28.2 Å². The highest BCUT2D eigenvalue weighted by Gasteiger charge is 2.12. The molecule has 0 aromatic heterocycles. The Labute approximate surface area is 105 Å². The van der Waals surface area contributed by atoms with Gasteiger partial charge in [0.05, 0.1) is 4.47 Å². The topological polar surface area (TPSA) is 23.5 Å². The molecule has 0 spiro atoms. The number of halogens is 1. The minimum Gasteiger partial charge on any atom is -0.506 e. The molecular formula is C13H18BrNO. The van der Waals surface area contributed by atoms with Crippen LogP contribution < -0.4 is 0 Å². The molecule has 1 aromatic carbocycles. The first-order valence-electron chi connectivity index (χ1n) is 5.96. The van der Waals surface area contributed by atoms with Crippen LogP contribution in [0.15, 0.2) is 22.7 Å². The Kier molecular flexibility index (Phi) is 4.24. The number of aromatic hydroxyl groups is 1. The van der Waals surface area contributed by atoms with Crippen molar-refractivity contribution in [1.82, 2.24) is 4.90 Å². The van der Waals surface area contributed by atoms with E-state index in [0.717, 1.165) is 29.7 Å². The predicted molar refractivity (Wildman–Crippen MR) is 69.6 cm³/mol. The first-order valence-corrected chi connectivity index (χ1v) is 6.75. The van der Waals surface area contributed by atoms with Crippen molar-refractivity contribution in [3.63, 3.8) is 0 Å². The molecule has 1 heterocycles. The summed E-state index contributed by atoms with van der Waals surface area (Å²) < 4.78 is 0.792. The van der Waals surface area contributed by atoms with Crippen molar-refractivity contribution >= 4 is 15.9 Å². The fraction of sp³-hybridized carbons (Fsp3) is 0.538. The van der Waals surface area contributed by atoms with Gasteiger partial charge in [-0.3, -0.25) is 4.90 Å². The van der Waals surface area contributed by atoms with Gasteiger partial charge in [0.15, 0.2) is 0 Å². The van der Waals surface area contributed by atoms with Gasteiger partial charge in [0.1, 0.15) is 5.75 Å². The Bertz CT molecular complexity index is 346. The fourth-order valence-electron chi connectivity index (χ4n) is 2.22. The molecule has 2 nitrogen and oxygen atoms in total. The maximum Gasteiger partial charge on any atom is 0.134 e. The van der Waals surface area contributed by atoms with Gasteiger partial charge >= 0.3 is 0 Å². The number of nitrogens with zero attached hydrogens (tertiary/aromatic N) is 1. The zero-order valence-corrected chi connectivity index (χ0v) is 11.0. The van der Waals surface area contributed by atoms with Gasteiger partial charge in [-0.25, -0.2) is 0 Å². The summed E-state index contributed by atoms with van der Waals surface area (Å²) in [4.78, 5) is 2.44. The number of hydrogen-bond acceptors (Lipinski definition) is 2. The van der Waals surface area contributed by atoms with E-state index in [4.69, 9.17) is 0 Å². The summed E-state index contributed by atoms with van der Waals surface area (Å²) in [5.74, 6) is 0.395. The smallest absolute Gasteiger partial charge is 0.134 e. The summed E-state index contributed by atoms with van der Waals surface area (Å²) in [6.45, 7) is 3.18. The first-order chi connectivity index (χ1) is 7.77. The van der Waals surface area contributed by atoms with Gasteiger partial charge in [0, 0.05) is 12.1 Å². The number of hydrogen-bond donors (Lipinski definition) is 1. The van der Waals surface area contributed by atoms with E-state index in [9.17, 15) is 5.11 Å². The molecule has 0 unspecified atom stereocenters. The Morgan fingerprint density at radius 1 is 1.12 bits per heavy atom. The van der Waals surface area contributed by atoms with Gasteiger partial charge in [-0.05, 0) is 47.9 Å². The normalized spacial score (nSPS) is 18.3. The third-order valence-corrected chi connectivity index (χ3v) is 3.80. The zero-order valence-electron chi connectivity index (χ0n) is 9.45. The summed E-state index contributed by atoms with van der Waals surface area (Å²) in [5.41, 5.74) is 1.02. The third-order valence-electron chi connectivity index (χ3n) is 3.16. The van der Waals surface area contributed by atoms with Crippen LogP contribution in [0.25, 0.3) is 0 Å². The van der Waals surface area contributed by atoms with E-state index in [-0.39, 0.29) is 0 Å². The predicted octanol–water partition coefficient (Wildman–Crippen LogP) is 3.53. The molecule has 3 heteroatoms. The van der Waals surface area contributed by atoms with Gasteiger partial charge in [0.25, 0.3) is 0 Å². The van der Waals surface area contributed by atoms with Crippen LogP contribution in [0.2, 0.25) is 0 Å². The Morgan fingerprint density at radius 3 is 2.50 bits per heavy atom. The summed E-state index contributed by atoms with van der Waals surface area (Å²) in [7, 11) is 0. The summed E-state index contributed by atoms with van der Waals surface area (Å²) in [6.07, 6.45) is 5.27. The molecule has 88 valence electrons. The highest BCUT2D eigenvalue weighted by atomic mass is 79.9. The molecule has 0 saturated carbocycles. The van der Waals surface area contributed by atoms with Crippen molar-refractivity contribution in [1.29, 1.82) is 0 Å². The molecule has 16 heavy (non-hydrogen) atoms. The van der Waals surface area contributed by atoms with E-state index in [1.54, 1.807) is 0 Å². The lowest BCUT2D eigenvalue weighted by molar-refractivity contribution is 0.272. The molecule has 0 atom stereocenters. The Morgan fingerprint density at radius 2 is 1.81 bits per heavy atom. The lowest BCUT2D eigenvalue weighted by atomic mass is 10.2. The maximum atomic E-state index is 9.92. The molecular weight excluding hydrogens is 266 g/mol. The van der Waals surface area contributed by atoms with Crippen LogP contribution in [0.4, 0.5) is 0 Å². The molecule has 1 fully saturated rings. The van der Waals surface area contributed by atoms with Gasteiger partial charge < -0.3 is 5.11 Å². The van der Waals surface area contributed by atoms with E-state index in [1.165, 1.54) is 25.7 Å². The fourth-order valence-corrected chi connectivity index (χ4v) is 2.63. The number of benzene rings is 1. The maximum absolute atomic E-state index is 9.92. The third kappa shape index (κ3) is 2.98. The van der Waals surface area contributed by atoms with Crippen molar-refractivity contribution in [2.24, 2.45) is 0 Å². The number of para-hydroxylation sites is 1. The summed E-state index contributed by atoms with van der Waals surface area (Å²) >= 11 is 3.36. The standard InChI is InChI=1S/C13H18BrNO/c14-12-7-5-6-11(13(12)16)10-15-8-3-1-2-4-9-15/h5-7,16H,1-4,8-10H2. The van der Waals surface area contributed by atoms with E-state index < -0.39 is 0 Å². The average molecular weight is 284 g/mol. The van der Waals surface area contributed by atoms with Gasteiger partial charge in [0.2, 0.25) is 0 Å². The van der Waals surface area contributed by atoms with Crippen molar-refractivity contribution in [2.45, 2.75) is 32.2 Å². The molecule has 1 aliphatic rings. The van der Waals surface area contributed by atoms with E-state index in [0.29, 0.717) is 5.75 Å². The lowest BCUT2D eigenvalue weighted by Crippen LogP contribution is -2.23. The zero-order chi connectivity index (χ0) is 11.4. The number of phenolic OH excluding ortho intramolecular Hbond substituents is 1. The van der Waals surface area contributed by atoms with Crippen LogP contribution in [0, 0.1) is 0 Å². The van der Waals surface area contributed by atoms with E-state index >= 15 is 0 Å². The minimum absolute atomic E-state index is 0.395. The van der Waals surface area contributed by atoms with Gasteiger partial charge in [-0.2, -0.15) is 0 Å². The number of rotatable bonds is 2. The second kappa shape index (κ2) is 5.69. The van der Waals surface area contributed by atoms with Crippen molar-refractivity contribution in [2.75, 3.05) is 13.1 Å². The monoisotopic (exact) mass is 283 g/mol. The molecule has 0 radical (unpaired) electrons. The second-order valence-corrected chi connectivity index (χ2v) is 5.29. The van der Waals surface area contributed by atoms with E-state index in [1.807, 2.05) is 18.2 Å². The SMILES string of the molecule is Oc1c(Br)cccc1CN1CCCCCC1.